The van der Waals surface area contributed by atoms with Gasteiger partial charge in [0.25, 0.3) is 0 Å². The first kappa shape index (κ1) is 13.3. The molecule has 1 heterocycles. The summed E-state index contributed by atoms with van der Waals surface area (Å²) in [6.45, 7) is 3.95. The Morgan fingerprint density at radius 1 is 1.32 bits per heavy atom. The second kappa shape index (κ2) is 5.26. The van der Waals surface area contributed by atoms with Crippen LogP contribution in [0.15, 0.2) is 18.2 Å². The molecule has 0 saturated carbocycles. The van der Waals surface area contributed by atoms with Gasteiger partial charge >= 0.3 is 0 Å². The van der Waals surface area contributed by atoms with Gasteiger partial charge in [0.1, 0.15) is 5.75 Å². The molecule has 0 bridgehead atoms. The monoisotopic (exact) mass is 258 g/mol. The lowest BCUT2D eigenvalue weighted by atomic mass is 10.0. The number of aryl methyl sites for hydroxylation is 3. The van der Waals surface area contributed by atoms with Gasteiger partial charge in [-0.3, -0.25) is 9.78 Å². The van der Waals surface area contributed by atoms with Gasteiger partial charge in [-0.15, -0.1) is 0 Å². The molecule has 1 aromatic carbocycles. The highest BCUT2D eigenvalue weighted by Gasteiger charge is 2.10. The van der Waals surface area contributed by atoms with Gasteiger partial charge < -0.3 is 10.5 Å². The first-order chi connectivity index (χ1) is 9.01. The second-order valence-electron chi connectivity index (χ2n) is 4.75. The van der Waals surface area contributed by atoms with E-state index in [1.807, 2.05) is 26.0 Å². The lowest BCUT2D eigenvalue weighted by Gasteiger charge is -2.11. The molecular weight excluding hydrogens is 240 g/mol. The van der Waals surface area contributed by atoms with Gasteiger partial charge in [-0.05, 0) is 37.5 Å². The zero-order valence-electron chi connectivity index (χ0n) is 11.5. The van der Waals surface area contributed by atoms with Crippen LogP contribution in [0, 0.1) is 13.8 Å². The summed E-state index contributed by atoms with van der Waals surface area (Å²) in [5.41, 5.74) is 9.17. The smallest absolute Gasteiger partial charge is 0.217 e. The van der Waals surface area contributed by atoms with E-state index in [-0.39, 0.29) is 5.91 Å². The number of methoxy groups -OCH3 is 1. The van der Waals surface area contributed by atoms with Gasteiger partial charge in [0.15, 0.2) is 0 Å². The number of hydrogen-bond donors (Lipinski definition) is 1. The van der Waals surface area contributed by atoms with Crippen molar-refractivity contribution in [3.63, 3.8) is 0 Å². The molecular formula is C15H18N2O2. The molecule has 2 N–H and O–H groups in total. The Balaban J connectivity index is 2.62. The summed E-state index contributed by atoms with van der Waals surface area (Å²) in [6.07, 6.45) is 0.934. The lowest BCUT2D eigenvalue weighted by Crippen LogP contribution is -2.11. The van der Waals surface area contributed by atoms with Gasteiger partial charge in [0.2, 0.25) is 5.91 Å². The van der Waals surface area contributed by atoms with E-state index in [1.165, 1.54) is 0 Å². The van der Waals surface area contributed by atoms with Crippen molar-refractivity contribution in [1.29, 1.82) is 0 Å². The van der Waals surface area contributed by atoms with E-state index >= 15 is 0 Å². The molecule has 0 fully saturated rings. The number of benzene rings is 1. The molecule has 0 saturated heterocycles. The predicted octanol–water partition coefficient (Wildman–Crippen LogP) is 2.28. The van der Waals surface area contributed by atoms with Crippen LogP contribution in [0.5, 0.6) is 5.75 Å². The minimum absolute atomic E-state index is 0.297. The minimum atomic E-state index is -0.297. The molecule has 2 aromatic rings. The average Bonchev–Trinajstić information content (AvgIpc) is 2.35. The number of nitrogens with zero attached hydrogens (tertiary/aromatic N) is 1. The molecule has 0 unspecified atom stereocenters. The highest BCUT2D eigenvalue weighted by atomic mass is 16.5. The zero-order chi connectivity index (χ0) is 14.0. The van der Waals surface area contributed by atoms with Crippen molar-refractivity contribution in [1.82, 2.24) is 4.98 Å². The van der Waals surface area contributed by atoms with Crippen molar-refractivity contribution >= 4 is 16.8 Å². The zero-order valence-corrected chi connectivity index (χ0v) is 11.5. The first-order valence-corrected chi connectivity index (χ1v) is 6.24. The molecule has 4 heteroatoms. The Labute approximate surface area is 112 Å². The van der Waals surface area contributed by atoms with E-state index in [1.54, 1.807) is 7.11 Å². The Bertz CT molecular complexity index is 636. The summed E-state index contributed by atoms with van der Waals surface area (Å²) in [5.74, 6) is 0.515. The Hall–Kier alpha value is -2.10. The SMILES string of the molecule is COc1cc(C)nc2c(CCC(N)=O)cc(C)cc12. The first-order valence-electron chi connectivity index (χ1n) is 6.24. The largest absolute Gasteiger partial charge is 0.496 e. The molecule has 2 rings (SSSR count). The predicted molar refractivity (Wildman–Crippen MR) is 75.3 cm³/mol. The van der Waals surface area contributed by atoms with Crippen LogP contribution >= 0.6 is 0 Å². The maximum Gasteiger partial charge on any atom is 0.217 e. The fraction of sp³-hybridized carbons (Fsp3) is 0.333. The van der Waals surface area contributed by atoms with Crippen molar-refractivity contribution in [3.05, 3.63) is 35.0 Å². The second-order valence-corrected chi connectivity index (χ2v) is 4.75. The molecule has 19 heavy (non-hydrogen) atoms. The molecule has 0 spiro atoms. The number of pyridine rings is 1. The van der Waals surface area contributed by atoms with Crippen molar-refractivity contribution in [3.8, 4) is 5.75 Å². The van der Waals surface area contributed by atoms with Gasteiger partial charge in [-0.25, -0.2) is 0 Å². The normalized spacial score (nSPS) is 10.7. The quantitative estimate of drug-likeness (QED) is 0.915. The minimum Gasteiger partial charge on any atom is -0.496 e. The van der Waals surface area contributed by atoms with Crippen molar-refractivity contribution in [2.24, 2.45) is 5.73 Å². The Kier molecular flexibility index (Phi) is 3.69. The van der Waals surface area contributed by atoms with E-state index in [0.717, 1.165) is 33.5 Å². The third kappa shape index (κ3) is 2.84. The number of amides is 1. The van der Waals surface area contributed by atoms with Crippen LogP contribution in [0.25, 0.3) is 10.9 Å². The Morgan fingerprint density at radius 2 is 2.05 bits per heavy atom. The molecule has 100 valence electrons. The maximum atomic E-state index is 11.0. The fourth-order valence-corrected chi connectivity index (χ4v) is 2.27. The van der Waals surface area contributed by atoms with Crippen LogP contribution in [0.2, 0.25) is 0 Å². The molecule has 0 atom stereocenters. The summed E-state index contributed by atoms with van der Waals surface area (Å²) in [4.78, 5) is 15.5. The van der Waals surface area contributed by atoms with Crippen LogP contribution in [0.4, 0.5) is 0 Å². The number of ether oxygens (including phenoxy) is 1. The molecule has 1 amide bonds. The third-order valence-corrected chi connectivity index (χ3v) is 3.09. The summed E-state index contributed by atoms with van der Waals surface area (Å²) < 4.78 is 5.41. The standard InChI is InChI=1S/C15H18N2O2/c1-9-6-11(4-5-14(16)18)15-12(7-9)13(19-3)8-10(2)17-15/h6-8H,4-5H2,1-3H3,(H2,16,18). The number of fused-ring (bicyclic) bond motifs is 1. The molecule has 0 aliphatic heterocycles. The number of nitrogens with two attached hydrogens (primary N) is 1. The number of rotatable bonds is 4. The highest BCUT2D eigenvalue weighted by Crippen LogP contribution is 2.29. The number of carbonyl (C=O) groups excluding carboxylic acids is 1. The highest BCUT2D eigenvalue weighted by molar-refractivity contribution is 5.89. The summed E-state index contributed by atoms with van der Waals surface area (Å²) in [7, 11) is 1.65. The van der Waals surface area contributed by atoms with Crippen molar-refractivity contribution < 1.29 is 9.53 Å². The van der Waals surface area contributed by atoms with E-state index in [2.05, 4.69) is 11.1 Å². The van der Waals surface area contributed by atoms with Crippen molar-refractivity contribution in [2.75, 3.05) is 7.11 Å². The topological polar surface area (TPSA) is 65.2 Å². The lowest BCUT2D eigenvalue weighted by molar-refractivity contribution is -0.117. The van der Waals surface area contributed by atoms with Gasteiger partial charge in [0, 0.05) is 23.6 Å². The van der Waals surface area contributed by atoms with Crippen LogP contribution in [-0.2, 0) is 11.2 Å². The van der Waals surface area contributed by atoms with Crippen LogP contribution in [0.3, 0.4) is 0 Å². The summed E-state index contributed by atoms with van der Waals surface area (Å²) in [6, 6.07) is 6.02. The van der Waals surface area contributed by atoms with E-state index in [0.29, 0.717) is 12.8 Å². The summed E-state index contributed by atoms with van der Waals surface area (Å²) >= 11 is 0. The van der Waals surface area contributed by atoms with E-state index in [4.69, 9.17) is 10.5 Å². The molecule has 4 nitrogen and oxygen atoms in total. The fourth-order valence-electron chi connectivity index (χ4n) is 2.27. The number of carbonyl (C=O) groups is 1. The summed E-state index contributed by atoms with van der Waals surface area (Å²) in [5, 5.41) is 0.979. The maximum absolute atomic E-state index is 11.0. The van der Waals surface area contributed by atoms with Gasteiger partial charge in [0.05, 0.1) is 12.6 Å². The molecule has 0 aliphatic carbocycles. The molecule has 0 aliphatic rings. The number of hydrogen-bond acceptors (Lipinski definition) is 3. The third-order valence-electron chi connectivity index (χ3n) is 3.09. The van der Waals surface area contributed by atoms with Crippen molar-refractivity contribution in [2.45, 2.75) is 26.7 Å². The number of primary amides is 1. The average molecular weight is 258 g/mol. The van der Waals surface area contributed by atoms with Gasteiger partial charge in [-0.1, -0.05) is 6.07 Å². The van der Waals surface area contributed by atoms with Crippen LogP contribution in [-0.4, -0.2) is 18.0 Å². The van der Waals surface area contributed by atoms with E-state index in [9.17, 15) is 4.79 Å². The van der Waals surface area contributed by atoms with Crippen LogP contribution in [0.1, 0.15) is 23.2 Å². The molecule has 1 aromatic heterocycles. The Morgan fingerprint density at radius 3 is 2.68 bits per heavy atom. The van der Waals surface area contributed by atoms with Crippen LogP contribution < -0.4 is 10.5 Å². The molecule has 0 radical (unpaired) electrons. The van der Waals surface area contributed by atoms with Gasteiger partial charge in [-0.2, -0.15) is 0 Å². The number of aromatic nitrogens is 1. The van der Waals surface area contributed by atoms with E-state index < -0.39 is 0 Å².